The highest BCUT2D eigenvalue weighted by atomic mass is 16.5. The third-order valence-corrected chi connectivity index (χ3v) is 2.36. The van der Waals surface area contributed by atoms with Crippen LogP contribution >= 0.6 is 0 Å². The molecule has 0 saturated carbocycles. The number of hydrogen-bond donors (Lipinski definition) is 1. The van der Waals surface area contributed by atoms with Gasteiger partial charge in [-0.2, -0.15) is 0 Å². The Morgan fingerprint density at radius 2 is 2.00 bits per heavy atom. The van der Waals surface area contributed by atoms with Gasteiger partial charge in [-0.15, -0.1) is 0 Å². The molecule has 0 aliphatic carbocycles. The number of nitrogens with zero attached hydrogens (tertiary/aromatic N) is 1. The van der Waals surface area contributed by atoms with E-state index in [0.29, 0.717) is 0 Å². The van der Waals surface area contributed by atoms with Crippen molar-refractivity contribution >= 4 is 11.9 Å². The van der Waals surface area contributed by atoms with Crippen LogP contribution in [0.25, 0.3) is 0 Å². The molecule has 0 bridgehead atoms. The molecule has 0 spiro atoms. The molecule has 0 saturated heterocycles. The maximum Gasteiger partial charge on any atom is 0.307 e. The standard InChI is InChI=1S/C12H15NO4/c1-13(8-7-11(15)17-2)12(16)9-5-3-4-6-10(9)14/h3-6,14H,7-8H2,1-2H3. The third kappa shape index (κ3) is 3.48. The fraction of sp³-hybridized carbons (Fsp3) is 0.333. The Labute approximate surface area is 99.6 Å². The molecule has 5 nitrogen and oxygen atoms in total. The minimum absolute atomic E-state index is 0.0672. The van der Waals surface area contributed by atoms with Crippen molar-refractivity contribution in [3.63, 3.8) is 0 Å². The molecule has 0 aliphatic heterocycles. The zero-order chi connectivity index (χ0) is 12.8. The van der Waals surface area contributed by atoms with E-state index in [1.165, 1.54) is 24.1 Å². The predicted molar refractivity (Wildman–Crippen MR) is 61.7 cm³/mol. The molecule has 0 aliphatic rings. The Hall–Kier alpha value is -2.04. The average Bonchev–Trinajstić information content (AvgIpc) is 2.35. The summed E-state index contributed by atoms with van der Waals surface area (Å²) in [6, 6.07) is 6.29. The number of hydrogen-bond acceptors (Lipinski definition) is 4. The second kappa shape index (κ2) is 5.89. The van der Waals surface area contributed by atoms with Crippen molar-refractivity contribution in [1.29, 1.82) is 0 Å². The van der Waals surface area contributed by atoms with Crippen molar-refractivity contribution in [3.8, 4) is 5.75 Å². The van der Waals surface area contributed by atoms with Gasteiger partial charge in [0, 0.05) is 13.6 Å². The van der Waals surface area contributed by atoms with Crippen LogP contribution in [0.1, 0.15) is 16.8 Å². The molecule has 1 aromatic carbocycles. The maximum absolute atomic E-state index is 11.9. The van der Waals surface area contributed by atoms with E-state index in [2.05, 4.69) is 4.74 Å². The highest BCUT2D eigenvalue weighted by Gasteiger charge is 2.15. The molecular formula is C12H15NO4. The van der Waals surface area contributed by atoms with Gasteiger partial charge in [-0.25, -0.2) is 0 Å². The number of phenolic OH excluding ortho intramolecular Hbond substituents is 1. The second-order valence-corrected chi connectivity index (χ2v) is 3.57. The Bertz CT molecular complexity index is 417. The van der Waals surface area contributed by atoms with Gasteiger partial charge in [-0.3, -0.25) is 9.59 Å². The lowest BCUT2D eigenvalue weighted by Gasteiger charge is -2.16. The van der Waals surface area contributed by atoms with E-state index in [-0.39, 0.29) is 36.2 Å². The molecule has 0 atom stereocenters. The number of carbonyl (C=O) groups is 2. The minimum atomic E-state index is -0.373. The Kier molecular flexibility index (Phi) is 4.51. The van der Waals surface area contributed by atoms with E-state index < -0.39 is 0 Å². The van der Waals surface area contributed by atoms with Crippen molar-refractivity contribution in [2.45, 2.75) is 6.42 Å². The Balaban J connectivity index is 2.64. The monoisotopic (exact) mass is 237 g/mol. The van der Waals surface area contributed by atoms with Gasteiger partial charge in [-0.05, 0) is 12.1 Å². The molecule has 0 unspecified atom stereocenters. The zero-order valence-corrected chi connectivity index (χ0v) is 9.84. The Morgan fingerprint density at radius 1 is 1.35 bits per heavy atom. The number of carbonyl (C=O) groups excluding carboxylic acids is 2. The Morgan fingerprint density at radius 3 is 2.59 bits per heavy atom. The molecule has 1 amide bonds. The zero-order valence-electron chi connectivity index (χ0n) is 9.84. The van der Waals surface area contributed by atoms with Gasteiger partial charge in [-0.1, -0.05) is 12.1 Å². The van der Waals surface area contributed by atoms with E-state index in [9.17, 15) is 14.7 Å². The van der Waals surface area contributed by atoms with Gasteiger partial charge >= 0.3 is 5.97 Å². The smallest absolute Gasteiger partial charge is 0.307 e. The second-order valence-electron chi connectivity index (χ2n) is 3.57. The predicted octanol–water partition coefficient (Wildman–Crippen LogP) is 1.03. The number of benzene rings is 1. The molecule has 1 aromatic rings. The van der Waals surface area contributed by atoms with Gasteiger partial charge in [0.15, 0.2) is 0 Å². The lowest BCUT2D eigenvalue weighted by molar-refractivity contribution is -0.140. The number of phenols is 1. The van der Waals surface area contributed by atoms with Gasteiger partial charge in [0.2, 0.25) is 0 Å². The van der Waals surface area contributed by atoms with E-state index in [1.807, 2.05) is 0 Å². The van der Waals surface area contributed by atoms with Crippen LogP contribution in [0.15, 0.2) is 24.3 Å². The first-order valence-corrected chi connectivity index (χ1v) is 5.16. The van der Waals surface area contributed by atoms with Crippen molar-refractivity contribution in [1.82, 2.24) is 4.90 Å². The third-order valence-electron chi connectivity index (χ3n) is 2.36. The van der Waals surface area contributed by atoms with E-state index in [4.69, 9.17) is 0 Å². The van der Waals surface area contributed by atoms with Crippen LogP contribution in [-0.2, 0) is 9.53 Å². The van der Waals surface area contributed by atoms with Gasteiger partial charge in [0.1, 0.15) is 5.75 Å². The highest BCUT2D eigenvalue weighted by Crippen LogP contribution is 2.17. The van der Waals surface area contributed by atoms with Crippen molar-refractivity contribution < 1.29 is 19.4 Å². The average molecular weight is 237 g/mol. The first-order valence-electron chi connectivity index (χ1n) is 5.16. The maximum atomic E-state index is 11.9. The van der Waals surface area contributed by atoms with Crippen molar-refractivity contribution in [3.05, 3.63) is 29.8 Å². The molecule has 0 aromatic heterocycles. The molecule has 1 N–H and O–H groups in total. The summed E-state index contributed by atoms with van der Waals surface area (Å²) in [5.41, 5.74) is 0.222. The SMILES string of the molecule is COC(=O)CCN(C)C(=O)c1ccccc1O. The molecule has 0 heterocycles. The van der Waals surface area contributed by atoms with Crippen LogP contribution < -0.4 is 0 Å². The number of esters is 1. The number of rotatable bonds is 4. The van der Waals surface area contributed by atoms with Crippen LogP contribution in [-0.4, -0.2) is 42.6 Å². The first-order chi connectivity index (χ1) is 8.06. The molecule has 0 radical (unpaired) electrons. The normalized spacial score (nSPS) is 9.76. The summed E-state index contributed by atoms with van der Waals surface area (Å²) in [7, 11) is 2.87. The van der Waals surface area contributed by atoms with Gasteiger partial charge < -0.3 is 14.7 Å². The summed E-state index contributed by atoms with van der Waals surface area (Å²) in [5.74, 6) is -0.767. The van der Waals surface area contributed by atoms with E-state index in [0.717, 1.165) is 0 Å². The molecule has 92 valence electrons. The van der Waals surface area contributed by atoms with Gasteiger partial charge in [0.25, 0.3) is 5.91 Å². The summed E-state index contributed by atoms with van der Waals surface area (Å²) < 4.78 is 4.48. The highest BCUT2D eigenvalue weighted by molar-refractivity contribution is 5.96. The summed E-state index contributed by atoms with van der Waals surface area (Å²) >= 11 is 0. The van der Waals surface area contributed by atoms with Crippen LogP contribution in [0.3, 0.4) is 0 Å². The molecule has 5 heteroatoms. The quantitative estimate of drug-likeness (QED) is 0.794. The number of para-hydroxylation sites is 1. The number of amides is 1. The van der Waals surface area contributed by atoms with Gasteiger partial charge in [0.05, 0.1) is 19.1 Å². The number of aromatic hydroxyl groups is 1. The first kappa shape index (κ1) is 13.0. The lowest BCUT2D eigenvalue weighted by Crippen LogP contribution is -2.29. The lowest BCUT2D eigenvalue weighted by atomic mass is 10.2. The van der Waals surface area contributed by atoms with Crippen LogP contribution in [0.2, 0.25) is 0 Å². The van der Waals surface area contributed by atoms with Crippen molar-refractivity contribution in [2.75, 3.05) is 20.7 Å². The fourth-order valence-corrected chi connectivity index (χ4v) is 1.32. The van der Waals surface area contributed by atoms with Crippen LogP contribution in [0.4, 0.5) is 0 Å². The molecular weight excluding hydrogens is 222 g/mol. The fourth-order valence-electron chi connectivity index (χ4n) is 1.32. The van der Waals surface area contributed by atoms with Crippen molar-refractivity contribution in [2.24, 2.45) is 0 Å². The van der Waals surface area contributed by atoms with Crippen LogP contribution in [0, 0.1) is 0 Å². The van der Waals surface area contributed by atoms with E-state index >= 15 is 0 Å². The largest absolute Gasteiger partial charge is 0.507 e. The molecule has 0 fully saturated rings. The minimum Gasteiger partial charge on any atom is -0.507 e. The summed E-state index contributed by atoms with van der Waals surface area (Å²) in [4.78, 5) is 24.2. The summed E-state index contributed by atoms with van der Waals surface area (Å²) in [6.07, 6.45) is 0.131. The summed E-state index contributed by atoms with van der Waals surface area (Å²) in [6.45, 7) is 0.250. The number of methoxy groups -OCH3 is 1. The molecule has 17 heavy (non-hydrogen) atoms. The summed E-state index contributed by atoms with van der Waals surface area (Å²) in [5, 5.41) is 9.51. The topological polar surface area (TPSA) is 66.8 Å². The number of ether oxygens (including phenoxy) is 1. The van der Waals surface area contributed by atoms with Crippen LogP contribution in [0.5, 0.6) is 5.75 Å². The van der Waals surface area contributed by atoms with E-state index in [1.54, 1.807) is 19.2 Å². The molecule has 1 rings (SSSR count).